The molecule has 0 bridgehead atoms. The lowest BCUT2D eigenvalue weighted by atomic mass is 9.90. The highest BCUT2D eigenvalue weighted by molar-refractivity contribution is 4.79. The summed E-state index contributed by atoms with van der Waals surface area (Å²) in [6.45, 7) is 3.05. The highest BCUT2D eigenvalue weighted by Gasteiger charge is 2.22. The Bertz CT molecular complexity index is 83.3. The van der Waals surface area contributed by atoms with Crippen LogP contribution in [0.3, 0.4) is 0 Å². The molecular weight excluding hydrogens is 129 g/mol. The van der Waals surface area contributed by atoms with Crippen LogP contribution in [0, 0.1) is 5.92 Å². The van der Waals surface area contributed by atoms with Crippen molar-refractivity contribution in [1.82, 2.24) is 5.32 Å². The maximum atomic E-state index is 12.3. The second-order valence-corrected chi connectivity index (χ2v) is 3.03. The molecule has 10 heavy (non-hydrogen) atoms. The molecule has 1 heterocycles. The summed E-state index contributed by atoms with van der Waals surface area (Å²) in [7, 11) is 0. The first-order chi connectivity index (χ1) is 4.88. The predicted molar refractivity (Wildman–Crippen MR) is 40.8 cm³/mol. The molecule has 1 nitrogen and oxygen atoms in total. The molecule has 2 heteroatoms. The molecule has 1 rings (SSSR count). The van der Waals surface area contributed by atoms with Crippen molar-refractivity contribution < 1.29 is 4.39 Å². The maximum Gasteiger partial charge on any atom is 0.0937 e. The molecular formula is C8H16FN. The molecule has 2 unspecified atom stereocenters. The Labute approximate surface area is 62.0 Å². The summed E-state index contributed by atoms with van der Waals surface area (Å²) in [6, 6.07) is 0.443. The molecule has 1 saturated heterocycles. The number of nitrogens with one attached hydrogen (secondary N) is 1. The van der Waals surface area contributed by atoms with E-state index in [1.165, 1.54) is 0 Å². The molecule has 1 N–H and O–H groups in total. The van der Waals surface area contributed by atoms with E-state index in [0.717, 1.165) is 25.8 Å². The van der Waals surface area contributed by atoms with Gasteiger partial charge in [0.25, 0.3) is 0 Å². The number of alkyl halides is 1. The van der Waals surface area contributed by atoms with E-state index in [0.29, 0.717) is 12.0 Å². The summed E-state index contributed by atoms with van der Waals surface area (Å²) in [6.07, 6.45) is 3.28. The summed E-state index contributed by atoms with van der Waals surface area (Å²) in [5, 5.41) is 3.33. The van der Waals surface area contributed by atoms with E-state index in [4.69, 9.17) is 0 Å². The smallest absolute Gasteiger partial charge is 0.0937 e. The average molecular weight is 145 g/mol. The van der Waals surface area contributed by atoms with E-state index >= 15 is 0 Å². The molecule has 0 aromatic carbocycles. The van der Waals surface area contributed by atoms with Crippen molar-refractivity contribution >= 4 is 0 Å². The Balaban J connectivity index is 2.34. The van der Waals surface area contributed by atoms with Gasteiger partial charge in [-0.3, -0.25) is 4.39 Å². The SMILES string of the molecule is CCC1NCCCC1CF. The van der Waals surface area contributed by atoms with Crippen molar-refractivity contribution in [2.75, 3.05) is 13.2 Å². The number of halogens is 1. The van der Waals surface area contributed by atoms with Gasteiger partial charge in [0.15, 0.2) is 0 Å². The molecule has 2 atom stereocenters. The second-order valence-electron chi connectivity index (χ2n) is 3.03. The summed E-state index contributed by atoms with van der Waals surface area (Å²) in [5.74, 6) is 0.291. The van der Waals surface area contributed by atoms with E-state index in [9.17, 15) is 4.39 Å². The summed E-state index contributed by atoms with van der Waals surface area (Å²) in [4.78, 5) is 0. The molecule has 0 radical (unpaired) electrons. The topological polar surface area (TPSA) is 12.0 Å². The van der Waals surface area contributed by atoms with Crippen LogP contribution in [0.2, 0.25) is 0 Å². The molecule has 0 aromatic rings. The van der Waals surface area contributed by atoms with E-state index < -0.39 is 0 Å². The van der Waals surface area contributed by atoms with Gasteiger partial charge in [0.05, 0.1) is 6.67 Å². The third-order valence-electron chi connectivity index (χ3n) is 2.37. The summed E-state index contributed by atoms with van der Waals surface area (Å²) < 4.78 is 12.3. The van der Waals surface area contributed by atoms with Gasteiger partial charge in [-0.2, -0.15) is 0 Å². The van der Waals surface area contributed by atoms with Crippen molar-refractivity contribution in [1.29, 1.82) is 0 Å². The lowest BCUT2D eigenvalue weighted by Crippen LogP contribution is -2.41. The van der Waals surface area contributed by atoms with Gasteiger partial charge < -0.3 is 5.32 Å². The highest BCUT2D eigenvalue weighted by atomic mass is 19.1. The molecule has 0 aromatic heterocycles. The van der Waals surface area contributed by atoms with Crippen LogP contribution in [0.25, 0.3) is 0 Å². The largest absolute Gasteiger partial charge is 0.314 e. The van der Waals surface area contributed by atoms with Gasteiger partial charge in [-0.15, -0.1) is 0 Å². The molecule has 0 saturated carbocycles. The number of hydrogen-bond acceptors (Lipinski definition) is 1. The molecule has 1 aliphatic rings. The van der Waals surface area contributed by atoms with Gasteiger partial charge in [-0.1, -0.05) is 6.92 Å². The zero-order valence-electron chi connectivity index (χ0n) is 6.57. The zero-order valence-corrected chi connectivity index (χ0v) is 6.57. The highest BCUT2D eigenvalue weighted by Crippen LogP contribution is 2.18. The third kappa shape index (κ3) is 1.69. The minimum absolute atomic E-state index is 0.147. The minimum atomic E-state index is -0.147. The monoisotopic (exact) mass is 145 g/mol. The molecule has 0 spiro atoms. The van der Waals surface area contributed by atoms with Crippen LogP contribution in [0.1, 0.15) is 26.2 Å². The summed E-state index contributed by atoms with van der Waals surface area (Å²) >= 11 is 0. The second kappa shape index (κ2) is 3.91. The lowest BCUT2D eigenvalue weighted by molar-refractivity contribution is 0.223. The standard InChI is InChI=1S/C8H16FN/c1-2-8-7(6-9)4-3-5-10-8/h7-8,10H,2-6H2,1H3. The lowest BCUT2D eigenvalue weighted by Gasteiger charge is -2.29. The number of piperidine rings is 1. The zero-order chi connectivity index (χ0) is 7.40. The first-order valence-corrected chi connectivity index (χ1v) is 4.17. The fourth-order valence-corrected chi connectivity index (χ4v) is 1.68. The van der Waals surface area contributed by atoms with Gasteiger partial charge in [0, 0.05) is 12.0 Å². The number of rotatable bonds is 2. The molecule has 0 amide bonds. The van der Waals surface area contributed by atoms with Crippen LogP contribution in [-0.4, -0.2) is 19.3 Å². The first-order valence-electron chi connectivity index (χ1n) is 4.17. The Hall–Kier alpha value is -0.110. The van der Waals surface area contributed by atoms with Crippen LogP contribution in [0.15, 0.2) is 0 Å². The summed E-state index contributed by atoms with van der Waals surface area (Å²) in [5.41, 5.74) is 0. The van der Waals surface area contributed by atoms with E-state index in [2.05, 4.69) is 12.2 Å². The van der Waals surface area contributed by atoms with Gasteiger partial charge >= 0.3 is 0 Å². The van der Waals surface area contributed by atoms with Gasteiger partial charge in [-0.05, 0) is 25.8 Å². The normalized spacial score (nSPS) is 34.2. The molecule has 1 fully saturated rings. The van der Waals surface area contributed by atoms with Crippen molar-refractivity contribution in [3.8, 4) is 0 Å². The fourth-order valence-electron chi connectivity index (χ4n) is 1.68. The van der Waals surface area contributed by atoms with Crippen LogP contribution in [-0.2, 0) is 0 Å². The van der Waals surface area contributed by atoms with E-state index in [1.807, 2.05) is 0 Å². The fraction of sp³-hybridized carbons (Fsp3) is 1.00. The molecule has 60 valence electrons. The predicted octanol–water partition coefficient (Wildman–Crippen LogP) is 1.73. The van der Waals surface area contributed by atoms with Gasteiger partial charge in [0.2, 0.25) is 0 Å². The Morgan fingerprint density at radius 1 is 1.60 bits per heavy atom. The minimum Gasteiger partial charge on any atom is -0.314 e. The maximum absolute atomic E-state index is 12.3. The third-order valence-corrected chi connectivity index (χ3v) is 2.37. The molecule has 0 aliphatic carbocycles. The van der Waals surface area contributed by atoms with Crippen molar-refractivity contribution in [3.63, 3.8) is 0 Å². The van der Waals surface area contributed by atoms with Crippen LogP contribution in [0.5, 0.6) is 0 Å². The Morgan fingerprint density at radius 3 is 2.90 bits per heavy atom. The van der Waals surface area contributed by atoms with Crippen LogP contribution in [0.4, 0.5) is 4.39 Å². The number of hydrogen-bond donors (Lipinski definition) is 1. The van der Waals surface area contributed by atoms with Gasteiger partial charge in [-0.25, -0.2) is 0 Å². The average Bonchev–Trinajstić information content (AvgIpc) is 2.04. The van der Waals surface area contributed by atoms with Crippen molar-refractivity contribution in [3.05, 3.63) is 0 Å². The van der Waals surface area contributed by atoms with Gasteiger partial charge in [0.1, 0.15) is 0 Å². The first kappa shape index (κ1) is 7.99. The van der Waals surface area contributed by atoms with Crippen molar-refractivity contribution in [2.24, 2.45) is 5.92 Å². The van der Waals surface area contributed by atoms with Crippen LogP contribution < -0.4 is 5.32 Å². The quantitative estimate of drug-likeness (QED) is 0.624. The Kier molecular flexibility index (Phi) is 3.13. The van der Waals surface area contributed by atoms with E-state index in [-0.39, 0.29) is 6.67 Å². The Morgan fingerprint density at radius 2 is 2.40 bits per heavy atom. The molecule has 1 aliphatic heterocycles. The van der Waals surface area contributed by atoms with Crippen molar-refractivity contribution in [2.45, 2.75) is 32.2 Å². The van der Waals surface area contributed by atoms with Crippen LogP contribution >= 0.6 is 0 Å². The van der Waals surface area contributed by atoms with E-state index in [1.54, 1.807) is 0 Å².